The standard InChI is InChI=1S/C16H19NOS/c1-11-5-8-14(19-11)10-17-16-4-2-3-12-6-7-13(18)9-15(12)16/h5-9,16-18H,2-4,10H2,1H3. The van der Waals surface area contributed by atoms with E-state index >= 15 is 0 Å². The lowest BCUT2D eigenvalue weighted by Gasteiger charge is -2.26. The Bertz CT molecular complexity index is 576. The first-order valence-electron chi connectivity index (χ1n) is 6.83. The molecule has 2 N–H and O–H groups in total. The van der Waals surface area contributed by atoms with Crippen molar-refractivity contribution in [2.24, 2.45) is 0 Å². The van der Waals surface area contributed by atoms with Crippen molar-refractivity contribution in [3.05, 3.63) is 51.2 Å². The highest BCUT2D eigenvalue weighted by atomic mass is 32.1. The molecule has 0 saturated carbocycles. The van der Waals surface area contributed by atoms with Crippen LogP contribution in [0, 0.1) is 6.92 Å². The van der Waals surface area contributed by atoms with Crippen molar-refractivity contribution in [3.63, 3.8) is 0 Å². The van der Waals surface area contributed by atoms with Crippen LogP contribution in [0.2, 0.25) is 0 Å². The number of rotatable bonds is 3. The van der Waals surface area contributed by atoms with Gasteiger partial charge in [-0.2, -0.15) is 0 Å². The fraction of sp³-hybridized carbons (Fsp3) is 0.375. The molecule has 1 aromatic heterocycles. The number of aryl methyl sites for hydroxylation is 2. The molecule has 2 nitrogen and oxygen atoms in total. The van der Waals surface area contributed by atoms with Gasteiger partial charge in [0.2, 0.25) is 0 Å². The summed E-state index contributed by atoms with van der Waals surface area (Å²) < 4.78 is 0. The molecule has 19 heavy (non-hydrogen) atoms. The second-order valence-electron chi connectivity index (χ2n) is 5.22. The number of phenols is 1. The quantitative estimate of drug-likeness (QED) is 0.888. The van der Waals surface area contributed by atoms with E-state index in [1.54, 1.807) is 6.07 Å². The summed E-state index contributed by atoms with van der Waals surface area (Å²) in [6.45, 7) is 3.06. The lowest BCUT2D eigenvalue weighted by atomic mass is 9.87. The fourth-order valence-corrected chi connectivity index (χ4v) is 3.64. The van der Waals surface area contributed by atoms with Crippen molar-refractivity contribution in [3.8, 4) is 5.75 Å². The van der Waals surface area contributed by atoms with Crippen molar-refractivity contribution < 1.29 is 5.11 Å². The maximum absolute atomic E-state index is 9.67. The molecular weight excluding hydrogens is 254 g/mol. The van der Waals surface area contributed by atoms with Crippen LogP contribution in [-0.4, -0.2) is 5.11 Å². The van der Waals surface area contributed by atoms with Crippen LogP contribution in [-0.2, 0) is 13.0 Å². The number of phenolic OH excluding ortho intramolecular Hbond substituents is 1. The number of aromatic hydroxyl groups is 1. The number of hydrogen-bond donors (Lipinski definition) is 2. The first-order chi connectivity index (χ1) is 9.22. The first-order valence-corrected chi connectivity index (χ1v) is 7.64. The van der Waals surface area contributed by atoms with E-state index in [2.05, 4.69) is 30.4 Å². The average molecular weight is 273 g/mol. The number of nitrogens with one attached hydrogen (secondary N) is 1. The van der Waals surface area contributed by atoms with Crippen molar-refractivity contribution in [2.75, 3.05) is 0 Å². The number of fused-ring (bicyclic) bond motifs is 1. The van der Waals surface area contributed by atoms with Crippen molar-refractivity contribution in [1.82, 2.24) is 5.32 Å². The summed E-state index contributed by atoms with van der Waals surface area (Å²) in [6, 6.07) is 10.5. The summed E-state index contributed by atoms with van der Waals surface area (Å²) in [4.78, 5) is 2.74. The number of thiophene rings is 1. The summed E-state index contributed by atoms with van der Waals surface area (Å²) in [6.07, 6.45) is 3.51. The Kier molecular flexibility index (Phi) is 3.58. The summed E-state index contributed by atoms with van der Waals surface area (Å²) >= 11 is 1.85. The zero-order valence-corrected chi connectivity index (χ0v) is 12.0. The molecule has 0 fully saturated rings. The number of hydrogen-bond acceptors (Lipinski definition) is 3. The molecule has 0 spiro atoms. The van der Waals surface area contributed by atoms with Crippen molar-refractivity contribution in [2.45, 2.75) is 38.8 Å². The topological polar surface area (TPSA) is 32.3 Å². The number of benzene rings is 1. The molecule has 1 aromatic carbocycles. The van der Waals surface area contributed by atoms with Crippen molar-refractivity contribution >= 4 is 11.3 Å². The maximum Gasteiger partial charge on any atom is 0.115 e. The van der Waals surface area contributed by atoms with Gasteiger partial charge in [-0.25, -0.2) is 0 Å². The molecule has 1 aliphatic rings. The highest BCUT2D eigenvalue weighted by molar-refractivity contribution is 7.11. The zero-order valence-electron chi connectivity index (χ0n) is 11.1. The molecule has 0 radical (unpaired) electrons. The molecular formula is C16H19NOS. The third-order valence-corrected chi connectivity index (χ3v) is 4.76. The molecule has 1 atom stereocenters. The smallest absolute Gasteiger partial charge is 0.115 e. The second kappa shape index (κ2) is 5.35. The van der Waals surface area contributed by atoms with Gasteiger partial charge < -0.3 is 10.4 Å². The lowest BCUT2D eigenvalue weighted by molar-refractivity contribution is 0.447. The van der Waals surface area contributed by atoms with Gasteiger partial charge in [0.1, 0.15) is 5.75 Å². The van der Waals surface area contributed by atoms with E-state index < -0.39 is 0 Å². The lowest BCUT2D eigenvalue weighted by Crippen LogP contribution is -2.24. The minimum atomic E-state index is 0.373. The van der Waals surface area contributed by atoms with Crippen LogP contribution >= 0.6 is 11.3 Å². The van der Waals surface area contributed by atoms with Crippen LogP contribution in [0.1, 0.15) is 39.8 Å². The van der Waals surface area contributed by atoms with Crippen LogP contribution < -0.4 is 5.32 Å². The Hall–Kier alpha value is -1.32. The monoisotopic (exact) mass is 273 g/mol. The Morgan fingerprint density at radius 3 is 3.00 bits per heavy atom. The van der Waals surface area contributed by atoms with Crippen LogP contribution in [0.5, 0.6) is 5.75 Å². The van der Waals surface area contributed by atoms with Gasteiger partial charge >= 0.3 is 0 Å². The minimum Gasteiger partial charge on any atom is -0.508 e. The van der Waals surface area contributed by atoms with Gasteiger partial charge in [-0.3, -0.25) is 0 Å². The normalized spacial score (nSPS) is 18.3. The third-order valence-electron chi connectivity index (χ3n) is 3.76. The Morgan fingerprint density at radius 2 is 2.21 bits per heavy atom. The predicted molar refractivity (Wildman–Crippen MR) is 79.7 cm³/mol. The van der Waals surface area contributed by atoms with Crippen LogP contribution in [0.15, 0.2) is 30.3 Å². The molecule has 100 valence electrons. The summed E-state index contributed by atoms with van der Waals surface area (Å²) in [7, 11) is 0. The largest absolute Gasteiger partial charge is 0.508 e. The molecule has 2 aromatic rings. The van der Waals surface area contributed by atoms with E-state index in [4.69, 9.17) is 0 Å². The van der Waals surface area contributed by atoms with Gasteiger partial charge in [-0.1, -0.05) is 6.07 Å². The Morgan fingerprint density at radius 1 is 1.32 bits per heavy atom. The van der Waals surface area contributed by atoms with E-state index in [9.17, 15) is 5.11 Å². The maximum atomic E-state index is 9.67. The molecule has 3 rings (SSSR count). The van der Waals surface area contributed by atoms with Crippen LogP contribution in [0.3, 0.4) is 0 Å². The fourth-order valence-electron chi connectivity index (χ4n) is 2.80. The SMILES string of the molecule is Cc1ccc(CNC2CCCc3ccc(O)cc32)s1. The van der Waals surface area contributed by atoms with Gasteiger partial charge in [0.05, 0.1) is 0 Å². The van der Waals surface area contributed by atoms with Gasteiger partial charge in [-0.15, -0.1) is 11.3 Å². The van der Waals surface area contributed by atoms with Gasteiger partial charge in [0.15, 0.2) is 0 Å². The Balaban J connectivity index is 1.74. The van der Waals surface area contributed by atoms with E-state index in [-0.39, 0.29) is 0 Å². The molecule has 1 heterocycles. The van der Waals surface area contributed by atoms with E-state index in [1.807, 2.05) is 17.4 Å². The second-order valence-corrected chi connectivity index (χ2v) is 6.59. The molecule has 0 amide bonds. The molecule has 3 heteroatoms. The zero-order chi connectivity index (χ0) is 13.2. The highest BCUT2D eigenvalue weighted by Gasteiger charge is 2.20. The highest BCUT2D eigenvalue weighted by Crippen LogP contribution is 2.32. The van der Waals surface area contributed by atoms with E-state index in [1.165, 1.54) is 27.3 Å². The van der Waals surface area contributed by atoms with Gasteiger partial charge in [-0.05, 0) is 61.6 Å². The third kappa shape index (κ3) is 2.82. The van der Waals surface area contributed by atoms with Gasteiger partial charge in [0, 0.05) is 22.3 Å². The molecule has 0 bridgehead atoms. The van der Waals surface area contributed by atoms with Crippen LogP contribution in [0.25, 0.3) is 0 Å². The summed E-state index contributed by atoms with van der Waals surface area (Å²) in [5, 5.41) is 13.3. The molecule has 0 saturated heterocycles. The van der Waals surface area contributed by atoms with Gasteiger partial charge in [0.25, 0.3) is 0 Å². The van der Waals surface area contributed by atoms with Crippen LogP contribution in [0.4, 0.5) is 0 Å². The van der Waals surface area contributed by atoms with E-state index in [0.29, 0.717) is 11.8 Å². The van der Waals surface area contributed by atoms with E-state index in [0.717, 1.165) is 19.4 Å². The molecule has 0 aliphatic heterocycles. The summed E-state index contributed by atoms with van der Waals surface area (Å²) in [5.74, 6) is 0.374. The predicted octanol–water partition coefficient (Wildman–Crippen LogP) is 3.93. The Labute approximate surface area is 118 Å². The van der Waals surface area contributed by atoms with Crippen molar-refractivity contribution in [1.29, 1.82) is 0 Å². The summed E-state index contributed by atoms with van der Waals surface area (Å²) in [5.41, 5.74) is 2.66. The average Bonchev–Trinajstić information content (AvgIpc) is 2.82. The minimum absolute atomic E-state index is 0.373. The molecule has 1 aliphatic carbocycles. The molecule has 1 unspecified atom stereocenters. The first kappa shape index (κ1) is 12.7.